The number of carbonyl (C=O) groups excluding carboxylic acids is 1. The highest BCUT2D eigenvalue weighted by atomic mass is 16.5. The van der Waals surface area contributed by atoms with Gasteiger partial charge < -0.3 is 20.2 Å². The van der Waals surface area contributed by atoms with Crippen LogP contribution in [0, 0.1) is 0 Å². The molecule has 0 spiro atoms. The van der Waals surface area contributed by atoms with Crippen molar-refractivity contribution in [3.05, 3.63) is 0 Å². The van der Waals surface area contributed by atoms with Gasteiger partial charge in [0.25, 0.3) is 0 Å². The fourth-order valence-corrected chi connectivity index (χ4v) is 0.215. The smallest absolute Gasteiger partial charge is 0.303 e. The van der Waals surface area contributed by atoms with Gasteiger partial charge in [0, 0.05) is 19.4 Å². The van der Waals surface area contributed by atoms with E-state index in [9.17, 15) is 14.4 Å². The molecule has 0 fully saturated rings. The lowest BCUT2D eigenvalue weighted by atomic mass is 10.5. The van der Waals surface area contributed by atoms with Crippen LogP contribution in [0.2, 0.25) is 0 Å². The maximum absolute atomic E-state index is 9.57. The topological polar surface area (TPSA) is 115 Å². The molecule has 0 aromatic carbocycles. The Morgan fingerprint density at radius 1 is 1.06 bits per heavy atom. The van der Waals surface area contributed by atoms with Crippen LogP contribution in [0.5, 0.6) is 0 Å². The van der Waals surface area contributed by atoms with Gasteiger partial charge in [-0.25, -0.2) is 0 Å². The molecule has 0 aromatic rings. The standard InChI is InChI=1S/C4H9NO2.2C3H6O2/c1-2-5(7)3-4-6;2*1-2-3(4)5/h4,7H,2-3H2,1H3;2*2H2,1H3,(H,4,5). The highest BCUT2D eigenvalue weighted by molar-refractivity contribution is 5.66. The number of aldehydes is 1. The molecule has 7 heteroatoms. The third-order valence-electron chi connectivity index (χ3n) is 1.26. The van der Waals surface area contributed by atoms with Gasteiger partial charge in [-0.15, -0.1) is 0 Å². The van der Waals surface area contributed by atoms with Crippen LogP contribution in [0.4, 0.5) is 0 Å². The van der Waals surface area contributed by atoms with Crippen molar-refractivity contribution < 1.29 is 29.8 Å². The van der Waals surface area contributed by atoms with Gasteiger partial charge in [0.1, 0.15) is 6.29 Å². The number of nitrogens with zero attached hydrogens (tertiary/aromatic N) is 1. The minimum atomic E-state index is -0.745. The summed E-state index contributed by atoms with van der Waals surface area (Å²) in [6.45, 7) is 5.57. The first-order chi connectivity index (χ1) is 7.85. The summed E-state index contributed by atoms with van der Waals surface area (Å²) in [5, 5.41) is 24.8. The minimum Gasteiger partial charge on any atom is -0.481 e. The van der Waals surface area contributed by atoms with Gasteiger partial charge in [-0.05, 0) is 0 Å². The number of rotatable bonds is 5. The third-order valence-corrected chi connectivity index (χ3v) is 1.26. The number of aliphatic carboxylic acids is 2. The second-order valence-electron chi connectivity index (χ2n) is 2.67. The molecule has 7 nitrogen and oxygen atoms in total. The molecule has 0 unspecified atom stereocenters. The van der Waals surface area contributed by atoms with Crippen LogP contribution < -0.4 is 0 Å². The summed E-state index contributed by atoms with van der Waals surface area (Å²) in [6.07, 6.45) is 1.10. The van der Waals surface area contributed by atoms with Crippen LogP contribution in [0.3, 0.4) is 0 Å². The minimum absolute atomic E-state index is 0.108. The van der Waals surface area contributed by atoms with E-state index in [2.05, 4.69) is 0 Å². The molecule has 102 valence electrons. The first-order valence-corrected chi connectivity index (χ1v) is 5.16. The lowest BCUT2D eigenvalue weighted by molar-refractivity contribution is -0.137. The largest absolute Gasteiger partial charge is 0.481 e. The molecule has 0 radical (unpaired) electrons. The molecule has 0 saturated carbocycles. The third kappa shape index (κ3) is 40.2. The summed E-state index contributed by atoms with van der Waals surface area (Å²) in [5.41, 5.74) is 0. The number of hydrogen-bond acceptors (Lipinski definition) is 5. The van der Waals surface area contributed by atoms with E-state index in [1.807, 2.05) is 0 Å². The summed E-state index contributed by atoms with van der Waals surface area (Å²) in [5.74, 6) is -1.49. The zero-order valence-corrected chi connectivity index (χ0v) is 10.4. The maximum atomic E-state index is 9.57. The molecular weight excluding hydrogens is 230 g/mol. The first kappa shape index (κ1) is 20.9. The molecule has 0 aliphatic rings. The quantitative estimate of drug-likeness (QED) is 0.490. The van der Waals surface area contributed by atoms with Crippen LogP contribution in [0.1, 0.15) is 33.6 Å². The van der Waals surface area contributed by atoms with E-state index in [4.69, 9.17) is 15.4 Å². The number of hydroxylamine groups is 2. The fourth-order valence-electron chi connectivity index (χ4n) is 0.215. The molecule has 0 aromatic heterocycles. The van der Waals surface area contributed by atoms with Gasteiger partial charge in [-0.1, -0.05) is 20.8 Å². The van der Waals surface area contributed by atoms with E-state index in [1.165, 1.54) is 0 Å². The summed E-state index contributed by atoms with van der Waals surface area (Å²) < 4.78 is 0. The normalized spacial score (nSPS) is 8.29. The van der Waals surface area contributed by atoms with Crippen molar-refractivity contribution in [3.8, 4) is 0 Å². The van der Waals surface area contributed by atoms with Gasteiger partial charge in [0.05, 0.1) is 6.54 Å². The van der Waals surface area contributed by atoms with Crippen LogP contribution in [-0.2, 0) is 14.4 Å². The summed E-state index contributed by atoms with van der Waals surface area (Å²) in [7, 11) is 0. The van der Waals surface area contributed by atoms with Crippen LogP contribution in [-0.4, -0.2) is 51.8 Å². The van der Waals surface area contributed by atoms with Crippen LogP contribution in [0.15, 0.2) is 0 Å². The predicted molar refractivity (Wildman–Crippen MR) is 61.0 cm³/mol. The van der Waals surface area contributed by atoms with Crippen LogP contribution >= 0.6 is 0 Å². The van der Waals surface area contributed by atoms with Crippen LogP contribution in [0.25, 0.3) is 0 Å². The Kier molecular flexibility index (Phi) is 20.8. The fraction of sp³-hybridized carbons (Fsp3) is 0.700. The van der Waals surface area contributed by atoms with E-state index >= 15 is 0 Å². The van der Waals surface area contributed by atoms with Gasteiger partial charge in [0.15, 0.2) is 0 Å². The monoisotopic (exact) mass is 251 g/mol. The SMILES string of the molecule is CCC(=O)O.CCC(=O)O.CCN(O)CC=O. The Balaban J connectivity index is -0.000000177. The number of likely N-dealkylation sites (N-methyl/N-ethyl adjacent to an activating group) is 1. The highest BCUT2D eigenvalue weighted by Crippen LogP contribution is 1.72. The molecule has 17 heavy (non-hydrogen) atoms. The average Bonchev–Trinajstić information content (AvgIpc) is 2.30. The van der Waals surface area contributed by atoms with Crippen molar-refractivity contribution in [2.75, 3.05) is 13.1 Å². The molecule has 0 atom stereocenters. The molecule has 0 aliphatic carbocycles. The van der Waals surface area contributed by atoms with E-state index < -0.39 is 11.9 Å². The lowest BCUT2D eigenvalue weighted by Gasteiger charge is -2.04. The van der Waals surface area contributed by atoms with Crippen molar-refractivity contribution in [1.29, 1.82) is 0 Å². The average molecular weight is 251 g/mol. The molecular formula is C10H21NO6. The second kappa shape index (κ2) is 16.9. The zero-order valence-electron chi connectivity index (χ0n) is 10.4. The van der Waals surface area contributed by atoms with Crippen molar-refractivity contribution in [1.82, 2.24) is 5.06 Å². The zero-order chi connectivity index (χ0) is 14.3. The van der Waals surface area contributed by atoms with Crippen molar-refractivity contribution in [2.45, 2.75) is 33.6 Å². The molecule has 0 bridgehead atoms. The molecule has 0 aliphatic heterocycles. The van der Waals surface area contributed by atoms with Gasteiger partial charge in [-0.3, -0.25) is 9.59 Å². The van der Waals surface area contributed by atoms with Gasteiger partial charge >= 0.3 is 11.9 Å². The highest BCUT2D eigenvalue weighted by Gasteiger charge is 1.89. The first-order valence-electron chi connectivity index (χ1n) is 5.16. The molecule has 0 rings (SSSR count). The Labute approximate surface area is 101 Å². The second-order valence-corrected chi connectivity index (χ2v) is 2.67. The van der Waals surface area contributed by atoms with E-state index in [0.29, 0.717) is 12.8 Å². The van der Waals surface area contributed by atoms with Gasteiger partial charge in [-0.2, -0.15) is 5.06 Å². The summed E-state index contributed by atoms with van der Waals surface area (Å²) >= 11 is 0. The summed E-state index contributed by atoms with van der Waals surface area (Å²) in [4.78, 5) is 28.3. The molecule has 0 heterocycles. The van der Waals surface area contributed by atoms with Crippen molar-refractivity contribution >= 4 is 18.2 Å². The maximum Gasteiger partial charge on any atom is 0.303 e. The van der Waals surface area contributed by atoms with Crippen molar-refractivity contribution in [2.24, 2.45) is 0 Å². The Morgan fingerprint density at radius 3 is 1.41 bits per heavy atom. The van der Waals surface area contributed by atoms with E-state index in [1.54, 1.807) is 20.8 Å². The lowest BCUT2D eigenvalue weighted by Crippen LogP contribution is -2.20. The number of carbonyl (C=O) groups is 3. The Bertz CT molecular complexity index is 193. The number of hydrogen-bond donors (Lipinski definition) is 3. The molecule has 0 amide bonds. The Hall–Kier alpha value is -1.47. The molecule has 3 N–H and O–H groups in total. The number of carboxylic acids is 2. The number of carboxylic acid groups (broad SMARTS) is 2. The van der Waals surface area contributed by atoms with E-state index in [-0.39, 0.29) is 19.4 Å². The van der Waals surface area contributed by atoms with Gasteiger partial charge in [0.2, 0.25) is 0 Å². The van der Waals surface area contributed by atoms with E-state index in [0.717, 1.165) is 5.06 Å². The predicted octanol–water partition coefficient (Wildman–Crippen LogP) is 0.858. The Morgan fingerprint density at radius 2 is 1.35 bits per heavy atom. The summed E-state index contributed by atoms with van der Waals surface area (Å²) in [6, 6.07) is 0. The van der Waals surface area contributed by atoms with Crippen molar-refractivity contribution in [3.63, 3.8) is 0 Å². The molecule has 0 saturated heterocycles.